The first-order chi connectivity index (χ1) is 13.7. The maximum Gasteiger partial charge on any atom is 0.217 e. The molecular formula is C22H36IN5O. The number of hydrogen-bond acceptors (Lipinski definition) is 3. The third-order valence-electron chi connectivity index (χ3n) is 5.75. The lowest BCUT2D eigenvalue weighted by molar-refractivity contribution is -0.119. The number of hydrogen-bond donors (Lipinski definition) is 2. The number of rotatable bonds is 7. The second-order valence-corrected chi connectivity index (χ2v) is 8.01. The van der Waals surface area contributed by atoms with E-state index in [0.29, 0.717) is 12.3 Å². The molecule has 0 saturated carbocycles. The van der Waals surface area contributed by atoms with Gasteiger partial charge in [0.15, 0.2) is 5.96 Å². The molecule has 0 aromatic heterocycles. The summed E-state index contributed by atoms with van der Waals surface area (Å²) in [6.07, 6.45) is 4.86. The molecule has 6 nitrogen and oxygen atoms in total. The van der Waals surface area contributed by atoms with Crippen molar-refractivity contribution in [3.05, 3.63) is 35.4 Å². The Bertz CT molecular complexity index is 681. The topological polar surface area (TPSA) is 74.0 Å². The summed E-state index contributed by atoms with van der Waals surface area (Å²) in [6.45, 7) is 8.95. The highest BCUT2D eigenvalue weighted by molar-refractivity contribution is 14.0. The average Bonchev–Trinajstić information content (AvgIpc) is 2.70. The first kappa shape index (κ1) is 23.9. The number of amides is 1. The molecule has 0 spiro atoms. The van der Waals surface area contributed by atoms with Crippen molar-refractivity contribution < 1.29 is 4.79 Å². The van der Waals surface area contributed by atoms with Crippen LogP contribution in [0.5, 0.6) is 0 Å². The molecule has 3 rings (SSSR count). The van der Waals surface area contributed by atoms with Crippen molar-refractivity contribution in [1.29, 1.82) is 0 Å². The summed E-state index contributed by atoms with van der Waals surface area (Å²) in [7, 11) is 0. The number of halogens is 1. The SMILES string of the molecule is CCNC(=NCCCN1CCc2ccccc2C1)N1CCCC(CC(N)=O)C1.I. The van der Waals surface area contributed by atoms with Gasteiger partial charge in [0, 0.05) is 52.2 Å². The van der Waals surface area contributed by atoms with Crippen LogP contribution < -0.4 is 11.1 Å². The minimum Gasteiger partial charge on any atom is -0.370 e. The molecule has 1 aromatic rings. The summed E-state index contributed by atoms with van der Waals surface area (Å²) in [6, 6.07) is 8.78. The van der Waals surface area contributed by atoms with Crippen LogP contribution in [0.25, 0.3) is 0 Å². The van der Waals surface area contributed by atoms with E-state index in [2.05, 4.69) is 46.3 Å². The summed E-state index contributed by atoms with van der Waals surface area (Å²) in [5.74, 6) is 1.14. The predicted octanol–water partition coefficient (Wildman–Crippen LogP) is 2.61. The molecule has 2 aliphatic rings. The molecule has 1 saturated heterocycles. The first-order valence-corrected chi connectivity index (χ1v) is 10.8. The van der Waals surface area contributed by atoms with Crippen molar-refractivity contribution in [1.82, 2.24) is 15.1 Å². The highest BCUT2D eigenvalue weighted by Gasteiger charge is 2.23. The Morgan fingerprint density at radius 3 is 2.83 bits per heavy atom. The van der Waals surface area contributed by atoms with Crippen LogP contribution in [-0.4, -0.2) is 60.9 Å². The Hall–Kier alpha value is -1.35. The third-order valence-corrected chi connectivity index (χ3v) is 5.75. The van der Waals surface area contributed by atoms with Gasteiger partial charge in [-0.3, -0.25) is 14.7 Å². The highest BCUT2D eigenvalue weighted by Crippen LogP contribution is 2.20. The van der Waals surface area contributed by atoms with Gasteiger partial charge in [-0.2, -0.15) is 0 Å². The lowest BCUT2D eigenvalue weighted by atomic mass is 9.95. The number of aliphatic imine (C=N–C) groups is 1. The van der Waals surface area contributed by atoms with Gasteiger partial charge >= 0.3 is 0 Å². The Morgan fingerprint density at radius 1 is 1.28 bits per heavy atom. The van der Waals surface area contributed by atoms with E-state index in [0.717, 1.165) is 77.5 Å². The predicted molar refractivity (Wildman–Crippen MR) is 130 cm³/mol. The van der Waals surface area contributed by atoms with Crippen LogP contribution in [0.15, 0.2) is 29.3 Å². The second-order valence-electron chi connectivity index (χ2n) is 8.01. The summed E-state index contributed by atoms with van der Waals surface area (Å²) >= 11 is 0. The molecule has 1 amide bonds. The van der Waals surface area contributed by atoms with Crippen molar-refractivity contribution in [3.63, 3.8) is 0 Å². The number of primary amides is 1. The number of carbonyl (C=O) groups is 1. The van der Waals surface area contributed by atoms with Crippen LogP contribution in [0.3, 0.4) is 0 Å². The number of guanidine groups is 1. The zero-order chi connectivity index (χ0) is 19.8. The lowest BCUT2D eigenvalue weighted by Crippen LogP contribution is -2.47. The van der Waals surface area contributed by atoms with Gasteiger partial charge in [0.2, 0.25) is 5.91 Å². The van der Waals surface area contributed by atoms with Crippen LogP contribution in [0.4, 0.5) is 0 Å². The molecule has 1 unspecified atom stereocenters. The molecule has 2 aliphatic heterocycles. The highest BCUT2D eigenvalue weighted by atomic mass is 127. The van der Waals surface area contributed by atoms with E-state index in [1.807, 2.05) is 0 Å². The largest absolute Gasteiger partial charge is 0.370 e. The molecule has 1 aromatic carbocycles. The molecule has 2 heterocycles. The standard InChI is InChI=1S/C22H35N5O.HI/c1-2-24-22(27-13-5-7-18(16-27)15-21(23)28)25-11-6-12-26-14-10-19-8-3-4-9-20(19)17-26;/h3-4,8-9,18H,2,5-7,10-17H2,1H3,(H2,23,28)(H,24,25);1H. The van der Waals surface area contributed by atoms with Crippen molar-refractivity contribution in [2.45, 2.75) is 45.6 Å². The number of nitrogens with one attached hydrogen (secondary N) is 1. The van der Waals surface area contributed by atoms with E-state index in [4.69, 9.17) is 10.7 Å². The minimum absolute atomic E-state index is 0. The van der Waals surface area contributed by atoms with Crippen LogP contribution in [0.2, 0.25) is 0 Å². The van der Waals surface area contributed by atoms with Crippen molar-refractivity contribution in [2.24, 2.45) is 16.6 Å². The summed E-state index contributed by atoms with van der Waals surface area (Å²) in [4.78, 5) is 21.0. The maximum absolute atomic E-state index is 11.3. The Morgan fingerprint density at radius 2 is 2.07 bits per heavy atom. The van der Waals surface area contributed by atoms with E-state index in [1.165, 1.54) is 11.1 Å². The third kappa shape index (κ3) is 7.44. The number of carbonyl (C=O) groups excluding carboxylic acids is 1. The fraction of sp³-hybridized carbons (Fsp3) is 0.636. The van der Waals surface area contributed by atoms with Gasteiger partial charge in [0.05, 0.1) is 0 Å². The van der Waals surface area contributed by atoms with Gasteiger partial charge in [-0.1, -0.05) is 24.3 Å². The van der Waals surface area contributed by atoms with Crippen LogP contribution in [0, 0.1) is 5.92 Å². The molecule has 1 fully saturated rings. The van der Waals surface area contributed by atoms with Gasteiger partial charge in [-0.15, -0.1) is 24.0 Å². The molecule has 162 valence electrons. The van der Waals surface area contributed by atoms with E-state index in [9.17, 15) is 4.79 Å². The Kier molecular flexibility index (Phi) is 10.2. The molecule has 1 atom stereocenters. The Labute approximate surface area is 192 Å². The van der Waals surface area contributed by atoms with Crippen LogP contribution in [0.1, 0.15) is 43.7 Å². The summed E-state index contributed by atoms with van der Waals surface area (Å²) < 4.78 is 0. The van der Waals surface area contributed by atoms with E-state index in [-0.39, 0.29) is 29.9 Å². The normalized spacial score (nSPS) is 20.0. The van der Waals surface area contributed by atoms with Gasteiger partial charge in [-0.25, -0.2) is 0 Å². The Balaban J connectivity index is 0.00000300. The van der Waals surface area contributed by atoms with Crippen LogP contribution >= 0.6 is 24.0 Å². The van der Waals surface area contributed by atoms with Gasteiger partial charge in [0.1, 0.15) is 0 Å². The zero-order valence-electron chi connectivity index (χ0n) is 17.6. The number of nitrogens with zero attached hydrogens (tertiary/aromatic N) is 3. The van der Waals surface area contributed by atoms with Crippen molar-refractivity contribution in [2.75, 3.05) is 39.3 Å². The minimum atomic E-state index is -0.197. The monoisotopic (exact) mass is 513 g/mol. The molecule has 0 aliphatic carbocycles. The maximum atomic E-state index is 11.3. The van der Waals surface area contributed by atoms with Crippen molar-refractivity contribution >= 4 is 35.8 Å². The van der Waals surface area contributed by atoms with E-state index >= 15 is 0 Å². The summed E-state index contributed by atoms with van der Waals surface area (Å²) in [5, 5.41) is 3.42. The summed E-state index contributed by atoms with van der Waals surface area (Å²) in [5.41, 5.74) is 8.37. The van der Waals surface area contributed by atoms with Gasteiger partial charge < -0.3 is 16.0 Å². The molecule has 0 radical (unpaired) electrons. The number of likely N-dealkylation sites (tertiary alicyclic amines) is 1. The molecule has 7 heteroatoms. The molecule has 29 heavy (non-hydrogen) atoms. The number of nitrogens with two attached hydrogens (primary N) is 1. The van der Waals surface area contributed by atoms with E-state index < -0.39 is 0 Å². The lowest BCUT2D eigenvalue weighted by Gasteiger charge is -2.34. The zero-order valence-corrected chi connectivity index (χ0v) is 19.9. The molecule has 3 N–H and O–H groups in total. The van der Waals surface area contributed by atoms with E-state index in [1.54, 1.807) is 0 Å². The number of benzene rings is 1. The number of piperidine rings is 1. The molecular weight excluding hydrogens is 477 g/mol. The fourth-order valence-electron chi connectivity index (χ4n) is 4.36. The van der Waals surface area contributed by atoms with Crippen molar-refractivity contribution in [3.8, 4) is 0 Å². The van der Waals surface area contributed by atoms with Crippen LogP contribution in [-0.2, 0) is 17.8 Å². The molecule has 0 bridgehead atoms. The average molecular weight is 513 g/mol. The first-order valence-electron chi connectivity index (χ1n) is 10.8. The second kappa shape index (κ2) is 12.4. The quantitative estimate of drug-likeness (QED) is 0.255. The fourth-order valence-corrected chi connectivity index (χ4v) is 4.36. The smallest absolute Gasteiger partial charge is 0.217 e. The van der Waals surface area contributed by atoms with Gasteiger partial charge in [0.25, 0.3) is 0 Å². The van der Waals surface area contributed by atoms with Gasteiger partial charge in [-0.05, 0) is 49.7 Å². The number of fused-ring (bicyclic) bond motifs is 1.